The molecule has 0 fully saturated rings. The van der Waals surface area contributed by atoms with Crippen molar-refractivity contribution < 1.29 is 4.42 Å². The second kappa shape index (κ2) is 9.12. The number of halogens is 3. The van der Waals surface area contributed by atoms with Gasteiger partial charge >= 0.3 is 0 Å². The summed E-state index contributed by atoms with van der Waals surface area (Å²) in [6, 6.07) is 0. The zero-order chi connectivity index (χ0) is 13.4. The van der Waals surface area contributed by atoms with E-state index in [0.29, 0.717) is 17.6 Å². The van der Waals surface area contributed by atoms with E-state index in [1.807, 2.05) is 0 Å². The molecule has 1 aromatic rings. The smallest absolute Gasteiger partial charge is 0.107 e. The molecule has 0 saturated carbocycles. The van der Waals surface area contributed by atoms with Gasteiger partial charge in [-0.2, -0.15) is 0 Å². The van der Waals surface area contributed by atoms with Crippen LogP contribution in [0.4, 0.5) is 0 Å². The van der Waals surface area contributed by atoms with E-state index < -0.39 is 0 Å². The van der Waals surface area contributed by atoms with E-state index in [9.17, 15) is 0 Å². The summed E-state index contributed by atoms with van der Waals surface area (Å²) in [4.78, 5) is 0. The van der Waals surface area contributed by atoms with E-state index in [1.165, 1.54) is 11.1 Å². The molecule has 1 heterocycles. The molecule has 0 atom stereocenters. The minimum atomic E-state index is 0.672. The van der Waals surface area contributed by atoms with Gasteiger partial charge < -0.3 is 4.42 Å². The van der Waals surface area contributed by atoms with Crippen molar-refractivity contribution in [2.75, 3.05) is 17.6 Å². The summed E-state index contributed by atoms with van der Waals surface area (Å²) < 4.78 is 5.99. The molecule has 0 bridgehead atoms. The van der Waals surface area contributed by atoms with Crippen LogP contribution in [0.15, 0.2) is 4.42 Å². The molecule has 0 radical (unpaired) electrons. The SMILES string of the molecule is Cc1c(CCCCl)oc(CCCCl)c1CCCCl. The Hall–Kier alpha value is 0.150. The average Bonchev–Trinajstić information content (AvgIpc) is 2.68. The van der Waals surface area contributed by atoms with Crippen molar-refractivity contribution in [2.45, 2.75) is 45.4 Å². The number of alkyl halides is 3. The third kappa shape index (κ3) is 4.68. The molecule has 0 unspecified atom stereocenters. The lowest BCUT2D eigenvalue weighted by Gasteiger charge is -2.01. The van der Waals surface area contributed by atoms with E-state index in [1.54, 1.807) is 0 Å². The third-order valence-electron chi connectivity index (χ3n) is 3.09. The molecule has 0 spiro atoms. The topological polar surface area (TPSA) is 13.1 Å². The van der Waals surface area contributed by atoms with E-state index in [-0.39, 0.29) is 0 Å². The van der Waals surface area contributed by atoms with E-state index in [4.69, 9.17) is 39.2 Å². The minimum Gasteiger partial charge on any atom is -0.466 e. The van der Waals surface area contributed by atoms with Gasteiger partial charge in [-0.05, 0) is 43.7 Å². The zero-order valence-electron chi connectivity index (χ0n) is 10.9. The summed E-state index contributed by atoms with van der Waals surface area (Å²) >= 11 is 17.3. The molecule has 0 aliphatic rings. The van der Waals surface area contributed by atoms with E-state index in [2.05, 4.69) is 6.92 Å². The van der Waals surface area contributed by atoms with Crippen LogP contribution in [0, 0.1) is 6.92 Å². The maximum absolute atomic E-state index is 5.99. The number of furan rings is 1. The molecule has 1 nitrogen and oxygen atoms in total. The Kier molecular flexibility index (Phi) is 8.21. The molecule has 104 valence electrons. The van der Waals surface area contributed by atoms with Crippen LogP contribution in [-0.4, -0.2) is 17.6 Å². The van der Waals surface area contributed by atoms with Gasteiger partial charge in [0.2, 0.25) is 0 Å². The fourth-order valence-corrected chi connectivity index (χ4v) is 2.53. The normalized spacial score (nSPS) is 11.1. The molecular weight excluding hydrogens is 291 g/mol. The molecule has 0 saturated heterocycles. The van der Waals surface area contributed by atoms with Crippen molar-refractivity contribution in [2.24, 2.45) is 0 Å². The first-order chi connectivity index (χ1) is 8.74. The van der Waals surface area contributed by atoms with Crippen LogP contribution >= 0.6 is 34.8 Å². The van der Waals surface area contributed by atoms with Crippen LogP contribution in [0.25, 0.3) is 0 Å². The highest BCUT2D eigenvalue weighted by Crippen LogP contribution is 2.26. The van der Waals surface area contributed by atoms with Crippen molar-refractivity contribution in [3.8, 4) is 0 Å². The Bertz CT molecular complexity index is 347. The van der Waals surface area contributed by atoms with E-state index in [0.717, 1.165) is 50.0 Å². The van der Waals surface area contributed by atoms with Crippen LogP contribution in [-0.2, 0) is 19.3 Å². The van der Waals surface area contributed by atoms with Crippen molar-refractivity contribution in [3.63, 3.8) is 0 Å². The summed E-state index contributed by atoms with van der Waals surface area (Å²) in [7, 11) is 0. The molecule has 0 aromatic carbocycles. The number of rotatable bonds is 9. The summed E-state index contributed by atoms with van der Waals surface area (Å²) in [5.41, 5.74) is 2.63. The van der Waals surface area contributed by atoms with Crippen molar-refractivity contribution in [3.05, 3.63) is 22.6 Å². The van der Waals surface area contributed by atoms with Crippen LogP contribution in [0.1, 0.15) is 41.9 Å². The van der Waals surface area contributed by atoms with Crippen LogP contribution in [0.3, 0.4) is 0 Å². The molecule has 0 aliphatic heterocycles. The second-order valence-corrected chi connectivity index (χ2v) is 5.56. The molecule has 0 amide bonds. The Balaban J connectivity index is 2.83. The monoisotopic (exact) mass is 310 g/mol. The lowest BCUT2D eigenvalue weighted by Crippen LogP contribution is -1.94. The van der Waals surface area contributed by atoms with E-state index >= 15 is 0 Å². The highest BCUT2D eigenvalue weighted by Gasteiger charge is 2.15. The predicted octanol–water partition coefficient (Wildman–Crippen LogP) is 5.10. The molecule has 1 aromatic heterocycles. The molecule has 0 N–H and O–H groups in total. The molecule has 0 aliphatic carbocycles. The fourth-order valence-electron chi connectivity index (χ4n) is 2.13. The first-order valence-corrected chi connectivity index (χ1v) is 8.12. The third-order valence-corrected chi connectivity index (χ3v) is 3.89. The Morgan fingerprint density at radius 3 is 1.83 bits per heavy atom. The maximum Gasteiger partial charge on any atom is 0.107 e. The lowest BCUT2D eigenvalue weighted by molar-refractivity contribution is 0.456. The average molecular weight is 312 g/mol. The van der Waals surface area contributed by atoms with Gasteiger partial charge in [-0.3, -0.25) is 0 Å². The lowest BCUT2D eigenvalue weighted by atomic mass is 10.0. The highest BCUT2D eigenvalue weighted by molar-refractivity contribution is 6.18. The highest BCUT2D eigenvalue weighted by atomic mass is 35.5. The largest absolute Gasteiger partial charge is 0.466 e. The number of hydrogen-bond acceptors (Lipinski definition) is 1. The van der Waals surface area contributed by atoms with Crippen LogP contribution in [0.2, 0.25) is 0 Å². The predicted molar refractivity (Wildman–Crippen MR) is 80.6 cm³/mol. The Morgan fingerprint density at radius 2 is 1.28 bits per heavy atom. The van der Waals surface area contributed by atoms with Gasteiger partial charge in [0.15, 0.2) is 0 Å². The Labute approximate surface area is 125 Å². The van der Waals surface area contributed by atoms with Crippen molar-refractivity contribution >= 4 is 34.8 Å². The molecule has 18 heavy (non-hydrogen) atoms. The first kappa shape index (κ1) is 16.2. The summed E-state index contributed by atoms with van der Waals surface area (Å²) in [6.45, 7) is 2.14. The minimum absolute atomic E-state index is 0.672. The molecule has 1 rings (SSSR count). The fraction of sp³-hybridized carbons (Fsp3) is 0.714. The molecule has 4 heteroatoms. The van der Waals surface area contributed by atoms with Gasteiger partial charge in [0.1, 0.15) is 11.5 Å². The van der Waals surface area contributed by atoms with Gasteiger partial charge in [-0.25, -0.2) is 0 Å². The summed E-state index contributed by atoms with van der Waals surface area (Å²) in [6.07, 6.45) is 5.74. The van der Waals surface area contributed by atoms with Crippen molar-refractivity contribution in [1.29, 1.82) is 0 Å². The number of aryl methyl sites for hydroxylation is 2. The Morgan fingerprint density at radius 1 is 0.778 bits per heavy atom. The van der Waals surface area contributed by atoms with Gasteiger partial charge in [-0.15, -0.1) is 34.8 Å². The number of hydrogen-bond donors (Lipinski definition) is 0. The van der Waals surface area contributed by atoms with Crippen LogP contribution < -0.4 is 0 Å². The van der Waals surface area contributed by atoms with Crippen LogP contribution in [0.5, 0.6) is 0 Å². The quantitative estimate of drug-likeness (QED) is 0.578. The maximum atomic E-state index is 5.99. The van der Waals surface area contributed by atoms with Crippen molar-refractivity contribution in [1.82, 2.24) is 0 Å². The summed E-state index contributed by atoms with van der Waals surface area (Å²) in [5, 5.41) is 0. The molecular formula is C14H21Cl3O. The summed E-state index contributed by atoms with van der Waals surface area (Å²) in [5.74, 6) is 4.23. The van der Waals surface area contributed by atoms with Gasteiger partial charge in [0.05, 0.1) is 0 Å². The zero-order valence-corrected chi connectivity index (χ0v) is 13.2. The second-order valence-electron chi connectivity index (χ2n) is 4.43. The van der Waals surface area contributed by atoms with Gasteiger partial charge in [-0.1, -0.05) is 0 Å². The first-order valence-electron chi connectivity index (χ1n) is 6.52. The van der Waals surface area contributed by atoms with Gasteiger partial charge in [0.25, 0.3) is 0 Å². The van der Waals surface area contributed by atoms with Gasteiger partial charge in [0, 0.05) is 30.5 Å². The standard InChI is InChI=1S/C14H21Cl3O/c1-11-12(5-2-8-15)14(7-4-10-17)18-13(11)6-3-9-16/h2-10H2,1H3.